The first-order valence-electron chi connectivity index (χ1n) is 7.79. The fourth-order valence-corrected chi connectivity index (χ4v) is 2.57. The van der Waals surface area contributed by atoms with Gasteiger partial charge in [-0.15, -0.1) is 0 Å². The molecule has 0 radical (unpaired) electrons. The predicted octanol–water partition coefficient (Wildman–Crippen LogP) is 2.99. The van der Waals surface area contributed by atoms with E-state index in [-0.39, 0.29) is 11.5 Å². The highest BCUT2D eigenvalue weighted by Crippen LogP contribution is 2.13. The molecule has 0 fully saturated rings. The Morgan fingerprint density at radius 2 is 1.88 bits per heavy atom. The van der Waals surface area contributed by atoms with Gasteiger partial charge in [0.1, 0.15) is 0 Å². The van der Waals surface area contributed by atoms with Gasteiger partial charge in [0.05, 0.1) is 12.0 Å². The molecule has 0 unspecified atom stereocenters. The van der Waals surface area contributed by atoms with Gasteiger partial charge >= 0.3 is 0 Å². The van der Waals surface area contributed by atoms with E-state index in [1.165, 1.54) is 17.0 Å². The number of carbonyl (C=O) groups is 1. The van der Waals surface area contributed by atoms with Crippen molar-refractivity contribution < 1.29 is 4.79 Å². The van der Waals surface area contributed by atoms with E-state index in [9.17, 15) is 9.59 Å². The van der Waals surface area contributed by atoms with Crippen molar-refractivity contribution in [2.75, 3.05) is 6.54 Å². The van der Waals surface area contributed by atoms with Gasteiger partial charge in [0.25, 0.3) is 11.5 Å². The fraction of sp³-hybridized carbons (Fsp3) is 0.105. The number of hydrogen-bond donors (Lipinski definition) is 1. The van der Waals surface area contributed by atoms with Crippen molar-refractivity contribution in [3.05, 3.63) is 87.9 Å². The van der Waals surface area contributed by atoms with E-state index in [2.05, 4.69) is 10.3 Å². The number of nitrogens with one attached hydrogen (secondary N) is 1. The smallest absolute Gasteiger partial charge is 0.253 e. The molecule has 0 saturated heterocycles. The van der Waals surface area contributed by atoms with Crippen molar-refractivity contribution >= 4 is 17.5 Å². The van der Waals surface area contributed by atoms with Gasteiger partial charge in [-0.05, 0) is 18.2 Å². The monoisotopic (exact) mass is 353 g/mol. The SMILES string of the molecule is O=C(NCCn1cnc(-c2ccccc2)cc1=O)c1cccc(Cl)c1. The minimum absolute atomic E-state index is 0.161. The molecule has 3 aromatic rings. The van der Waals surface area contributed by atoms with Crippen LogP contribution in [0.3, 0.4) is 0 Å². The summed E-state index contributed by atoms with van der Waals surface area (Å²) in [5.74, 6) is -0.232. The van der Waals surface area contributed by atoms with Crippen LogP contribution in [0.5, 0.6) is 0 Å². The van der Waals surface area contributed by atoms with Gasteiger partial charge in [0.2, 0.25) is 0 Å². The van der Waals surface area contributed by atoms with Crippen LogP contribution in [-0.4, -0.2) is 22.0 Å². The zero-order chi connectivity index (χ0) is 17.6. The van der Waals surface area contributed by atoms with Gasteiger partial charge in [0.15, 0.2) is 0 Å². The lowest BCUT2D eigenvalue weighted by Crippen LogP contribution is -2.30. The summed E-state index contributed by atoms with van der Waals surface area (Å²) in [6.45, 7) is 0.658. The molecule has 0 spiro atoms. The molecule has 1 aromatic heterocycles. The standard InChI is InChI=1S/C19H16ClN3O2/c20-16-8-4-7-15(11-16)19(25)21-9-10-23-13-22-17(12-18(23)24)14-5-2-1-3-6-14/h1-8,11-13H,9-10H2,(H,21,25). The van der Waals surface area contributed by atoms with Crippen molar-refractivity contribution in [2.24, 2.45) is 0 Å². The Morgan fingerprint density at radius 3 is 2.60 bits per heavy atom. The average Bonchev–Trinajstić information content (AvgIpc) is 2.63. The van der Waals surface area contributed by atoms with Gasteiger partial charge in [-0.2, -0.15) is 0 Å². The number of amides is 1. The highest BCUT2D eigenvalue weighted by molar-refractivity contribution is 6.30. The maximum Gasteiger partial charge on any atom is 0.253 e. The van der Waals surface area contributed by atoms with Crippen LogP contribution in [0.25, 0.3) is 11.3 Å². The first kappa shape index (κ1) is 16.9. The fourth-order valence-electron chi connectivity index (χ4n) is 2.38. The van der Waals surface area contributed by atoms with Crippen molar-refractivity contribution in [3.63, 3.8) is 0 Å². The van der Waals surface area contributed by atoms with Gasteiger partial charge in [-0.1, -0.05) is 48.0 Å². The maximum atomic E-state index is 12.2. The molecule has 3 rings (SSSR count). The van der Waals surface area contributed by atoms with Crippen LogP contribution in [0.15, 0.2) is 71.8 Å². The Kier molecular flexibility index (Phi) is 5.26. The number of carbonyl (C=O) groups excluding carboxylic acids is 1. The van der Waals surface area contributed by atoms with E-state index in [0.717, 1.165) is 5.56 Å². The van der Waals surface area contributed by atoms with Crippen LogP contribution in [0.1, 0.15) is 10.4 Å². The van der Waals surface area contributed by atoms with Gasteiger partial charge in [-0.25, -0.2) is 4.98 Å². The quantitative estimate of drug-likeness (QED) is 0.767. The number of benzene rings is 2. The normalized spacial score (nSPS) is 10.4. The van der Waals surface area contributed by atoms with E-state index in [0.29, 0.717) is 29.4 Å². The van der Waals surface area contributed by atoms with Gasteiger partial charge in [0, 0.05) is 35.3 Å². The number of halogens is 1. The number of nitrogens with zero attached hydrogens (tertiary/aromatic N) is 2. The van der Waals surface area contributed by atoms with E-state index >= 15 is 0 Å². The lowest BCUT2D eigenvalue weighted by Gasteiger charge is -2.08. The van der Waals surface area contributed by atoms with Gasteiger partial charge < -0.3 is 5.32 Å². The van der Waals surface area contributed by atoms with E-state index < -0.39 is 0 Å². The first-order valence-corrected chi connectivity index (χ1v) is 8.17. The molecule has 0 aliphatic carbocycles. The molecule has 0 saturated carbocycles. The molecular weight excluding hydrogens is 338 g/mol. The molecule has 5 nitrogen and oxygen atoms in total. The summed E-state index contributed by atoms with van der Waals surface area (Å²) in [5, 5.41) is 3.27. The second-order valence-electron chi connectivity index (χ2n) is 5.44. The Balaban J connectivity index is 1.62. The van der Waals surface area contributed by atoms with Crippen LogP contribution in [0.2, 0.25) is 5.02 Å². The third kappa shape index (κ3) is 4.33. The topological polar surface area (TPSA) is 64.0 Å². The summed E-state index contributed by atoms with van der Waals surface area (Å²) < 4.78 is 1.46. The van der Waals surface area contributed by atoms with Crippen LogP contribution in [0.4, 0.5) is 0 Å². The van der Waals surface area contributed by atoms with Crippen molar-refractivity contribution in [3.8, 4) is 11.3 Å². The van der Waals surface area contributed by atoms with E-state index in [1.54, 1.807) is 24.3 Å². The lowest BCUT2D eigenvalue weighted by atomic mass is 10.1. The Hall–Kier alpha value is -2.92. The van der Waals surface area contributed by atoms with Crippen molar-refractivity contribution in [2.45, 2.75) is 6.54 Å². The molecule has 126 valence electrons. The Bertz CT molecular complexity index is 939. The molecule has 0 bridgehead atoms. The highest BCUT2D eigenvalue weighted by atomic mass is 35.5. The lowest BCUT2D eigenvalue weighted by molar-refractivity contribution is 0.0952. The van der Waals surface area contributed by atoms with E-state index in [1.807, 2.05) is 30.3 Å². The second kappa shape index (κ2) is 7.77. The molecule has 1 N–H and O–H groups in total. The molecule has 0 aliphatic rings. The van der Waals surface area contributed by atoms with Crippen LogP contribution in [-0.2, 0) is 6.54 Å². The van der Waals surface area contributed by atoms with Crippen LogP contribution in [0, 0.1) is 0 Å². The van der Waals surface area contributed by atoms with E-state index in [4.69, 9.17) is 11.6 Å². The molecule has 6 heteroatoms. The zero-order valence-electron chi connectivity index (χ0n) is 13.4. The summed E-state index contributed by atoms with van der Waals surface area (Å²) in [5.41, 5.74) is 1.84. The largest absolute Gasteiger partial charge is 0.350 e. The molecule has 1 heterocycles. The molecule has 25 heavy (non-hydrogen) atoms. The molecule has 0 atom stereocenters. The minimum Gasteiger partial charge on any atom is -0.350 e. The number of aromatic nitrogens is 2. The second-order valence-corrected chi connectivity index (χ2v) is 5.87. The van der Waals surface area contributed by atoms with Crippen molar-refractivity contribution in [1.82, 2.24) is 14.9 Å². The summed E-state index contributed by atoms with van der Waals surface area (Å²) in [6, 6.07) is 17.7. The van der Waals surface area contributed by atoms with Crippen molar-refractivity contribution in [1.29, 1.82) is 0 Å². The number of rotatable bonds is 5. The average molecular weight is 354 g/mol. The first-order chi connectivity index (χ1) is 12.1. The summed E-state index contributed by atoms with van der Waals surface area (Å²) in [6.07, 6.45) is 1.50. The predicted molar refractivity (Wildman–Crippen MR) is 97.7 cm³/mol. The molecule has 1 amide bonds. The Labute approximate surface area is 149 Å². The van der Waals surface area contributed by atoms with Crippen LogP contribution >= 0.6 is 11.6 Å². The minimum atomic E-state index is -0.232. The Morgan fingerprint density at radius 1 is 1.08 bits per heavy atom. The highest BCUT2D eigenvalue weighted by Gasteiger charge is 2.06. The van der Waals surface area contributed by atoms with Crippen LogP contribution < -0.4 is 10.9 Å². The molecule has 0 aliphatic heterocycles. The van der Waals surface area contributed by atoms with Gasteiger partial charge in [-0.3, -0.25) is 14.2 Å². The summed E-state index contributed by atoms with van der Waals surface area (Å²) in [4.78, 5) is 28.5. The maximum absolute atomic E-state index is 12.2. The summed E-state index contributed by atoms with van der Waals surface area (Å²) >= 11 is 5.87. The zero-order valence-corrected chi connectivity index (χ0v) is 14.1. The molecule has 2 aromatic carbocycles. The summed E-state index contributed by atoms with van der Waals surface area (Å²) in [7, 11) is 0. The number of hydrogen-bond acceptors (Lipinski definition) is 3. The molecular formula is C19H16ClN3O2. The third-order valence-corrected chi connectivity index (χ3v) is 3.91. The third-order valence-electron chi connectivity index (χ3n) is 3.67.